The molecule has 4 aliphatic rings. The van der Waals surface area contributed by atoms with Gasteiger partial charge in [0.15, 0.2) is 5.60 Å². The Balaban J connectivity index is 1.73. The highest BCUT2D eigenvalue weighted by molar-refractivity contribution is 6.40. The molecule has 5 rings (SSSR count). The summed E-state index contributed by atoms with van der Waals surface area (Å²) in [7, 11) is 0. The minimum absolute atomic E-state index is 0.0513. The Morgan fingerprint density at radius 3 is 2.27 bits per heavy atom. The number of Topliss-reactive ketones (excluding diaryl/α,β-unsaturated/α-hetero) is 2. The van der Waals surface area contributed by atoms with E-state index in [1.165, 1.54) is 13.8 Å². The second-order valence-corrected chi connectivity index (χ2v) is 12.9. The Hall–Kier alpha value is -2.66. The van der Waals surface area contributed by atoms with Crippen LogP contribution < -0.4 is 0 Å². The van der Waals surface area contributed by atoms with Gasteiger partial charge in [-0.15, -0.1) is 0 Å². The van der Waals surface area contributed by atoms with Crippen molar-refractivity contribution >= 4 is 23.5 Å². The van der Waals surface area contributed by atoms with Crippen molar-refractivity contribution in [3.05, 3.63) is 35.9 Å². The van der Waals surface area contributed by atoms with E-state index in [-0.39, 0.29) is 31.4 Å². The van der Waals surface area contributed by atoms with Crippen LogP contribution in [0.4, 0.5) is 0 Å². The monoisotopic (exact) mass is 558 g/mol. The molecule has 2 unspecified atom stereocenters. The highest BCUT2D eigenvalue weighted by Crippen LogP contribution is 2.61. The van der Waals surface area contributed by atoms with E-state index in [2.05, 4.69) is 0 Å². The Labute approximate surface area is 233 Å². The molecule has 3 N–H and O–H groups in total. The molecule has 3 saturated carbocycles. The standard InChI is InChI=1S/C30H38O10/c1-15-18(32)13-30(37)22(39-26(36)17-9-7-6-8-10-17)11-19-28(5,25(35)24(34)23(15)27(30,3)4)20(33)12-21-29(19,14-38-21)40-16(2)31/h6-10,15,18-23,32-33,37H,11-14H2,1-5H3/t15?,18-,19-,20-,21+,22-,23?,28-,29+,30+/m0/s1. The van der Waals surface area contributed by atoms with Crippen LogP contribution in [-0.4, -0.2) is 81.0 Å². The van der Waals surface area contributed by atoms with Gasteiger partial charge in [-0.05, 0) is 31.4 Å². The zero-order valence-electron chi connectivity index (χ0n) is 23.5. The third kappa shape index (κ3) is 3.83. The normalized spacial score (nSPS) is 44.0. The summed E-state index contributed by atoms with van der Waals surface area (Å²) >= 11 is 0. The van der Waals surface area contributed by atoms with Gasteiger partial charge in [-0.25, -0.2) is 4.79 Å². The first kappa shape index (κ1) is 28.9. The zero-order valence-corrected chi connectivity index (χ0v) is 23.5. The summed E-state index contributed by atoms with van der Waals surface area (Å²) in [6, 6.07) is 8.19. The van der Waals surface area contributed by atoms with Crippen LogP contribution in [0.2, 0.25) is 0 Å². The average molecular weight is 559 g/mol. The number of ether oxygens (including phenoxy) is 3. The zero-order chi connectivity index (χ0) is 29.4. The van der Waals surface area contributed by atoms with Crippen molar-refractivity contribution in [2.24, 2.45) is 28.6 Å². The summed E-state index contributed by atoms with van der Waals surface area (Å²) in [5.41, 5.74) is -6.22. The van der Waals surface area contributed by atoms with E-state index in [1.54, 1.807) is 51.1 Å². The first-order chi connectivity index (χ1) is 18.6. The fourth-order valence-corrected chi connectivity index (χ4v) is 8.10. The molecule has 10 heteroatoms. The highest BCUT2D eigenvalue weighted by atomic mass is 16.6. The van der Waals surface area contributed by atoms with Crippen molar-refractivity contribution in [1.82, 2.24) is 0 Å². The number of fused-ring (bicyclic) bond motifs is 5. The van der Waals surface area contributed by atoms with Gasteiger partial charge in [0.1, 0.15) is 17.8 Å². The van der Waals surface area contributed by atoms with Crippen LogP contribution in [0, 0.1) is 28.6 Å². The van der Waals surface area contributed by atoms with Gasteiger partial charge in [0, 0.05) is 37.0 Å². The molecule has 1 aromatic rings. The predicted molar refractivity (Wildman–Crippen MR) is 139 cm³/mol. The first-order valence-electron chi connectivity index (χ1n) is 13.9. The number of hydrogen-bond donors (Lipinski definition) is 3. The van der Waals surface area contributed by atoms with E-state index in [9.17, 15) is 34.5 Å². The number of ketones is 2. The van der Waals surface area contributed by atoms with Gasteiger partial charge in [0.2, 0.25) is 11.6 Å². The number of aliphatic hydroxyl groups excluding tert-OH is 2. The minimum atomic E-state index is -1.96. The van der Waals surface area contributed by atoms with Gasteiger partial charge in [-0.1, -0.05) is 39.0 Å². The maximum absolute atomic E-state index is 14.3. The average Bonchev–Trinajstić information content (AvgIpc) is 2.89. The molecular formula is C30H38O10. The smallest absolute Gasteiger partial charge is 0.338 e. The molecule has 1 heterocycles. The van der Waals surface area contributed by atoms with Crippen molar-refractivity contribution in [3.63, 3.8) is 0 Å². The third-order valence-electron chi connectivity index (χ3n) is 10.6. The molecule has 1 aliphatic heterocycles. The molecular weight excluding hydrogens is 520 g/mol. The van der Waals surface area contributed by atoms with Crippen LogP contribution in [-0.2, 0) is 28.6 Å². The third-order valence-corrected chi connectivity index (χ3v) is 10.6. The Bertz CT molecular complexity index is 1230. The molecule has 10 atom stereocenters. The number of benzene rings is 1. The summed E-state index contributed by atoms with van der Waals surface area (Å²) in [5, 5.41) is 35.0. The maximum atomic E-state index is 14.3. The molecule has 0 radical (unpaired) electrons. The topological polar surface area (TPSA) is 157 Å². The van der Waals surface area contributed by atoms with E-state index in [0.717, 1.165) is 0 Å². The van der Waals surface area contributed by atoms with E-state index in [1.807, 2.05) is 0 Å². The van der Waals surface area contributed by atoms with Crippen molar-refractivity contribution in [3.8, 4) is 0 Å². The molecule has 3 aliphatic carbocycles. The second-order valence-electron chi connectivity index (χ2n) is 12.9. The second kappa shape index (κ2) is 9.44. The Kier molecular flexibility index (Phi) is 6.81. The number of rotatable bonds is 3. The quantitative estimate of drug-likeness (QED) is 0.368. The number of aliphatic hydroxyl groups is 3. The Morgan fingerprint density at radius 1 is 1.05 bits per heavy atom. The van der Waals surface area contributed by atoms with Crippen LogP contribution in [0.1, 0.15) is 64.2 Å². The molecule has 1 saturated heterocycles. The number of esters is 2. The Morgan fingerprint density at radius 2 is 1.70 bits per heavy atom. The summed E-state index contributed by atoms with van der Waals surface area (Å²) < 4.78 is 17.6. The molecule has 4 fully saturated rings. The molecule has 218 valence electrons. The van der Waals surface area contributed by atoms with Crippen molar-refractivity contribution in [2.45, 2.75) is 89.5 Å². The highest BCUT2D eigenvalue weighted by Gasteiger charge is 2.74. The number of carbonyl (C=O) groups excluding carboxylic acids is 4. The van der Waals surface area contributed by atoms with Gasteiger partial charge < -0.3 is 29.5 Å². The van der Waals surface area contributed by atoms with Gasteiger partial charge in [0.05, 0.1) is 29.8 Å². The lowest BCUT2D eigenvalue weighted by Crippen LogP contribution is -2.75. The molecule has 1 aromatic carbocycles. The van der Waals surface area contributed by atoms with Crippen LogP contribution >= 0.6 is 0 Å². The van der Waals surface area contributed by atoms with Gasteiger partial charge in [-0.2, -0.15) is 0 Å². The van der Waals surface area contributed by atoms with E-state index in [0.29, 0.717) is 0 Å². The SMILES string of the molecule is CC(=O)O[C@@]12CO[C@@H]1C[C@H](O)[C@@]1(C)C(=O)C(=O)C3C(C)[C@@H](O)C[C@@](O)([C@@H](OC(=O)c4ccccc4)C[C@H]21)C3(C)C. The lowest BCUT2D eigenvalue weighted by atomic mass is 9.52. The number of carbonyl (C=O) groups is 4. The van der Waals surface area contributed by atoms with Gasteiger partial charge in [0.25, 0.3) is 0 Å². The largest absolute Gasteiger partial charge is 0.456 e. The maximum Gasteiger partial charge on any atom is 0.338 e. The van der Waals surface area contributed by atoms with Crippen LogP contribution in [0.3, 0.4) is 0 Å². The summed E-state index contributed by atoms with van der Waals surface area (Å²) in [6.07, 6.45) is -5.14. The lowest BCUT2D eigenvalue weighted by molar-refractivity contribution is -0.323. The molecule has 40 heavy (non-hydrogen) atoms. The van der Waals surface area contributed by atoms with E-state index in [4.69, 9.17) is 14.2 Å². The van der Waals surface area contributed by atoms with Gasteiger partial charge >= 0.3 is 11.9 Å². The molecule has 0 amide bonds. The van der Waals surface area contributed by atoms with Crippen molar-refractivity contribution in [1.29, 1.82) is 0 Å². The van der Waals surface area contributed by atoms with Crippen molar-refractivity contribution in [2.75, 3.05) is 6.61 Å². The fraction of sp³-hybridized carbons (Fsp3) is 0.667. The van der Waals surface area contributed by atoms with Gasteiger partial charge in [-0.3, -0.25) is 14.4 Å². The van der Waals surface area contributed by atoms with Crippen molar-refractivity contribution < 1.29 is 48.7 Å². The number of hydrogen-bond acceptors (Lipinski definition) is 10. The minimum Gasteiger partial charge on any atom is -0.456 e. The molecule has 2 bridgehead atoms. The fourth-order valence-electron chi connectivity index (χ4n) is 8.10. The molecule has 0 spiro atoms. The predicted octanol–water partition coefficient (Wildman–Crippen LogP) is 1.62. The van der Waals surface area contributed by atoms with Crippen LogP contribution in [0.25, 0.3) is 0 Å². The van der Waals surface area contributed by atoms with Crippen LogP contribution in [0.15, 0.2) is 30.3 Å². The first-order valence-corrected chi connectivity index (χ1v) is 13.9. The lowest BCUT2D eigenvalue weighted by Gasteiger charge is -2.62. The van der Waals surface area contributed by atoms with E-state index < -0.39 is 87.7 Å². The summed E-state index contributed by atoms with van der Waals surface area (Å²) in [6.45, 7) is 7.54. The molecule has 10 nitrogen and oxygen atoms in total. The summed E-state index contributed by atoms with van der Waals surface area (Å²) in [4.78, 5) is 54.2. The molecule has 0 aromatic heterocycles. The summed E-state index contributed by atoms with van der Waals surface area (Å²) in [5.74, 6) is -5.97. The van der Waals surface area contributed by atoms with E-state index >= 15 is 0 Å². The van der Waals surface area contributed by atoms with Crippen LogP contribution in [0.5, 0.6) is 0 Å².